The first-order valence-corrected chi connectivity index (χ1v) is 20.3. The molecule has 0 N–H and O–H groups in total. The van der Waals surface area contributed by atoms with Gasteiger partial charge in [0.25, 0.3) is 0 Å². The Morgan fingerprint density at radius 3 is 1.88 bits per heavy atom. The fourth-order valence-corrected chi connectivity index (χ4v) is 13.1. The van der Waals surface area contributed by atoms with Gasteiger partial charge in [-0.3, -0.25) is 0 Å². The lowest BCUT2D eigenvalue weighted by Gasteiger charge is -2.43. The summed E-state index contributed by atoms with van der Waals surface area (Å²) in [4.78, 5) is 0. The predicted molar refractivity (Wildman–Crippen MR) is 183 cm³/mol. The molecular weight excluding hydrogens is 598 g/mol. The van der Waals surface area contributed by atoms with Gasteiger partial charge >= 0.3 is 0 Å². The maximum atomic E-state index is 6.70. The van der Waals surface area contributed by atoms with Crippen molar-refractivity contribution in [3.8, 4) is 0 Å². The van der Waals surface area contributed by atoms with E-state index in [1.165, 1.54) is 64.2 Å². The fraction of sp³-hybridized carbons (Fsp3) is 0.939. The van der Waals surface area contributed by atoms with Crippen LogP contribution in [-0.4, -0.2) is 42.2 Å². The summed E-state index contributed by atoms with van der Waals surface area (Å²) in [6, 6.07) is 0. The lowest BCUT2D eigenvalue weighted by molar-refractivity contribution is 0.258. The van der Waals surface area contributed by atoms with Crippen molar-refractivity contribution in [2.75, 3.05) is 6.61 Å². The number of epoxide rings is 1. The molecule has 1 rings (SSSR count). The van der Waals surface area contributed by atoms with Crippen LogP contribution in [0, 0.1) is 0 Å². The van der Waals surface area contributed by atoms with Crippen LogP contribution >= 0.6 is 46.4 Å². The van der Waals surface area contributed by atoms with E-state index in [-0.39, 0.29) is 23.0 Å². The van der Waals surface area contributed by atoms with Crippen molar-refractivity contribution in [2.24, 2.45) is 0 Å². The Morgan fingerprint density at radius 2 is 1.30 bits per heavy atom. The van der Waals surface area contributed by atoms with Crippen LogP contribution in [-0.2, 0) is 9.16 Å². The third-order valence-electron chi connectivity index (χ3n) is 8.78. The molecule has 1 unspecified atom stereocenters. The Hall–Kier alpha value is 1.04. The van der Waals surface area contributed by atoms with Crippen LogP contribution in [0.1, 0.15) is 145 Å². The second-order valence-corrected chi connectivity index (χ2v) is 21.3. The van der Waals surface area contributed by atoms with Crippen LogP contribution in [0.15, 0.2) is 12.2 Å². The van der Waals surface area contributed by atoms with E-state index in [0.29, 0.717) is 23.2 Å². The molecule has 1 fully saturated rings. The van der Waals surface area contributed by atoms with Gasteiger partial charge in [-0.1, -0.05) is 154 Å². The van der Waals surface area contributed by atoms with Crippen molar-refractivity contribution in [3.63, 3.8) is 0 Å². The monoisotopic (exact) mass is 658 g/mol. The Labute approximate surface area is 270 Å². The molecule has 1 aliphatic heterocycles. The maximum Gasteiger partial charge on any atom is 0.200 e. The second-order valence-electron chi connectivity index (χ2n) is 13.1. The summed E-state index contributed by atoms with van der Waals surface area (Å²) in [5.41, 5.74) is 1.62. The van der Waals surface area contributed by atoms with Crippen LogP contribution in [0.4, 0.5) is 0 Å². The topological polar surface area (TPSA) is 21.8 Å². The van der Waals surface area contributed by atoms with E-state index in [1.54, 1.807) is 0 Å². The average molecular weight is 661 g/mol. The number of alkyl halides is 4. The zero-order chi connectivity index (χ0) is 30.2. The highest BCUT2D eigenvalue weighted by Crippen LogP contribution is 2.44. The van der Waals surface area contributed by atoms with Crippen LogP contribution in [0.5, 0.6) is 0 Å². The Morgan fingerprint density at radius 1 is 0.775 bits per heavy atom. The Balaban J connectivity index is 2.11. The van der Waals surface area contributed by atoms with Gasteiger partial charge in [0.2, 0.25) is 0 Å². The van der Waals surface area contributed by atoms with Gasteiger partial charge in [0.1, 0.15) is 16.5 Å². The molecule has 1 aliphatic rings. The van der Waals surface area contributed by atoms with Crippen LogP contribution in [0.3, 0.4) is 0 Å². The number of halogens is 4. The summed E-state index contributed by atoms with van der Waals surface area (Å²) in [6.07, 6.45) is 22.4. The smallest absolute Gasteiger partial charge is 0.200 e. The van der Waals surface area contributed by atoms with Gasteiger partial charge in [0.05, 0.1) is 17.4 Å². The number of ether oxygens (including phenoxy) is 1. The minimum atomic E-state index is -1.94. The molecule has 2 nitrogen and oxygen atoms in total. The van der Waals surface area contributed by atoms with E-state index in [2.05, 4.69) is 60.6 Å². The standard InChI is InChI=1S/C33H62Cl4O2Si/c1-8-9-10-11-16-19-22-29(34)31(35)32-30(39-32)23-20-17-14-12-13-15-18-21-24-33(36,37)25-38-40(26(2)3,27(4)5)28(6)7/h20,23,26-32H,8-19,21-22,24-25H2,1-7H3/b23-20+/t29-,30+,31+,32?/m0/s1. The Kier molecular flexibility index (Phi) is 20.4. The molecule has 40 heavy (non-hydrogen) atoms. The van der Waals surface area contributed by atoms with Crippen molar-refractivity contribution < 1.29 is 9.16 Å². The SMILES string of the molecule is CCCCCCCC[C@H](Cl)[C@@H](Cl)C1O[C@@H]1/C=C/CCCCCCCCC(Cl)(Cl)CO[Si](C(C)C)(C(C)C)C(C)C. The summed E-state index contributed by atoms with van der Waals surface area (Å²) < 4.78 is 11.7. The van der Waals surface area contributed by atoms with Crippen molar-refractivity contribution in [3.05, 3.63) is 12.2 Å². The van der Waals surface area contributed by atoms with E-state index in [1.807, 2.05) is 0 Å². The first kappa shape index (κ1) is 39.1. The zero-order valence-corrected chi connectivity index (χ0v) is 30.9. The molecule has 0 bridgehead atoms. The molecule has 0 radical (unpaired) electrons. The van der Waals surface area contributed by atoms with E-state index in [0.717, 1.165) is 32.1 Å². The second kappa shape index (κ2) is 20.9. The van der Waals surface area contributed by atoms with E-state index in [4.69, 9.17) is 55.6 Å². The fourth-order valence-electron chi connectivity index (χ4n) is 6.42. The molecule has 4 atom stereocenters. The number of hydrogen-bond acceptors (Lipinski definition) is 2. The van der Waals surface area contributed by atoms with E-state index < -0.39 is 12.7 Å². The normalized spacial score (nSPS) is 19.9. The van der Waals surface area contributed by atoms with Crippen molar-refractivity contribution >= 4 is 54.7 Å². The summed E-state index contributed by atoms with van der Waals surface area (Å²) in [7, 11) is -1.94. The van der Waals surface area contributed by atoms with Crippen LogP contribution < -0.4 is 0 Å². The third-order valence-corrected chi connectivity index (χ3v) is 16.6. The summed E-state index contributed by atoms with van der Waals surface area (Å²) in [5, 5.41) is -0.0921. The molecule has 0 aliphatic carbocycles. The molecule has 0 saturated carbocycles. The Bertz CT molecular complexity index is 649. The molecule has 0 aromatic carbocycles. The first-order valence-electron chi connectivity index (χ1n) is 16.5. The average Bonchev–Trinajstić information content (AvgIpc) is 3.65. The molecule has 0 aromatic rings. The van der Waals surface area contributed by atoms with Gasteiger partial charge in [-0.25, -0.2) is 0 Å². The molecule has 238 valence electrons. The molecule has 0 aromatic heterocycles. The molecule has 1 saturated heterocycles. The van der Waals surface area contributed by atoms with Gasteiger partial charge in [0, 0.05) is 0 Å². The lowest BCUT2D eigenvalue weighted by atomic mass is 10.0. The van der Waals surface area contributed by atoms with Crippen LogP contribution in [0.25, 0.3) is 0 Å². The van der Waals surface area contributed by atoms with Gasteiger partial charge in [0.15, 0.2) is 8.32 Å². The summed E-state index contributed by atoms with van der Waals surface area (Å²) in [5.74, 6) is 0. The molecule has 0 amide bonds. The number of hydrogen-bond donors (Lipinski definition) is 0. The maximum absolute atomic E-state index is 6.70. The minimum Gasteiger partial charge on any atom is -0.413 e. The summed E-state index contributed by atoms with van der Waals surface area (Å²) >= 11 is 26.6. The van der Waals surface area contributed by atoms with E-state index >= 15 is 0 Å². The van der Waals surface area contributed by atoms with Gasteiger partial charge in [-0.15, -0.1) is 23.2 Å². The third kappa shape index (κ3) is 14.7. The predicted octanol–water partition coefficient (Wildman–Crippen LogP) is 12.8. The molecule has 7 heteroatoms. The first-order chi connectivity index (χ1) is 18.9. The minimum absolute atomic E-state index is 0.00190. The highest BCUT2D eigenvalue weighted by molar-refractivity contribution is 6.77. The van der Waals surface area contributed by atoms with Gasteiger partial charge < -0.3 is 9.16 Å². The van der Waals surface area contributed by atoms with Gasteiger partial charge in [-0.2, -0.15) is 0 Å². The van der Waals surface area contributed by atoms with Crippen molar-refractivity contribution in [1.29, 1.82) is 0 Å². The number of allylic oxidation sites excluding steroid dienone is 1. The largest absolute Gasteiger partial charge is 0.413 e. The van der Waals surface area contributed by atoms with E-state index in [9.17, 15) is 0 Å². The summed E-state index contributed by atoms with van der Waals surface area (Å²) in [6.45, 7) is 16.5. The van der Waals surface area contributed by atoms with Crippen LogP contribution in [0.2, 0.25) is 16.6 Å². The number of unbranched alkanes of at least 4 members (excludes halogenated alkanes) is 11. The lowest BCUT2D eigenvalue weighted by Crippen LogP contribution is -2.49. The van der Waals surface area contributed by atoms with Gasteiger partial charge in [-0.05, 0) is 42.3 Å². The highest BCUT2D eigenvalue weighted by atomic mass is 35.5. The zero-order valence-electron chi connectivity index (χ0n) is 26.8. The highest BCUT2D eigenvalue weighted by Gasteiger charge is 2.46. The molecular formula is C33H62Cl4O2Si. The van der Waals surface area contributed by atoms with Crippen molar-refractivity contribution in [2.45, 2.75) is 189 Å². The molecule has 0 spiro atoms. The number of rotatable bonds is 25. The van der Waals surface area contributed by atoms with Crippen molar-refractivity contribution in [1.82, 2.24) is 0 Å². The quantitative estimate of drug-likeness (QED) is 0.0320. The molecule has 1 heterocycles.